The van der Waals surface area contributed by atoms with Gasteiger partial charge in [0.1, 0.15) is 4.90 Å². The molecule has 0 saturated carbocycles. The normalized spacial score (nSPS) is 19.4. The van der Waals surface area contributed by atoms with E-state index in [0.717, 1.165) is 16.9 Å². The van der Waals surface area contributed by atoms with Gasteiger partial charge in [-0.05, 0) is 17.5 Å². The van der Waals surface area contributed by atoms with Crippen LogP contribution in [0.15, 0.2) is 21.9 Å². The summed E-state index contributed by atoms with van der Waals surface area (Å²) in [7, 11) is -2.17. The van der Waals surface area contributed by atoms with Gasteiger partial charge in [-0.2, -0.15) is 0 Å². The number of nitrogens with two attached hydrogens (primary N) is 1. The molecule has 1 atom stereocenters. The average Bonchev–Trinajstić information content (AvgIpc) is 2.56. The Morgan fingerprint density at radius 1 is 1.53 bits per heavy atom. The lowest BCUT2D eigenvalue weighted by molar-refractivity contribution is 0.182. The Balaban J connectivity index is 2.63. The predicted octanol–water partition coefficient (Wildman–Crippen LogP) is 1.52. The van der Waals surface area contributed by atoms with Gasteiger partial charge >= 0.3 is 0 Å². The Morgan fingerprint density at radius 2 is 2.24 bits per heavy atom. The molecule has 2 rings (SSSR count). The lowest BCUT2D eigenvalue weighted by atomic mass is 10.1. The van der Waals surface area contributed by atoms with Crippen molar-refractivity contribution >= 4 is 21.8 Å². The van der Waals surface area contributed by atoms with Gasteiger partial charge in [0.25, 0.3) is 0 Å². The Bertz CT molecular complexity index is 540. The van der Waals surface area contributed by atoms with Crippen LogP contribution in [0.2, 0.25) is 0 Å². The maximum atomic E-state index is 11.7. The van der Waals surface area contributed by atoms with E-state index in [0.29, 0.717) is 10.8 Å². The summed E-state index contributed by atoms with van der Waals surface area (Å²) in [4.78, 5) is 1.04. The molecule has 4 nitrogen and oxygen atoms in total. The van der Waals surface area contributed by atoms with E-state index < -0.39 is 10.0 Å². The first-order valence-electron chi connectivity index (χ1n) is 5.26. The Morgan fingerprint density at radius 3 is 2.82 bits per heavy atom. The zero-order chi connectivity index (χ0) is 12.6. The topological polar surface area (TPSA) is 69.4 Å². The maximum absolute atomic E-state index is 11.7. The van der Waals surface area contributed by atoms with Gasteiger partial charge in [0, 0.05) is 17.3 Å². The molecule has 1 aromatic rings. The molecular weight excluding hydrogens is 258 g/mol. The van der Waals surface area contributed by atoms with Crippen molar-refractivity contribution < 1.29 is 13.2 Å². The van der Waals surface area contributed by atoms with E-state index in [1.54, 1.807) is 17.8 Å². The monoisotopic (exact) mass is 273 g/mol. The number of fused-ring (bicyclic) bond motifs is 1. The van der Waals surface area contributed by atoms with E-state index in [-0.39, 0.29) is 11.5 Å². The van der Waals surface area contributed by atoms with Gasteiger partial charge in [-0.15, -0.1) is 11.8 Å². The number of primary sulfonamides is 1. The van der Waals surface area contributed by atoms with Gasteiger partial charge in [-0.1, -0.05) is 19.1 Å². The van der Waals surface area contributed by atoms with Crippen molar-refractivity contribution in [1.82, 2.24) is 0 Å². The minimum atomic E-state index is -3.71. The highest BCUT2D eigenvalue weighted by Crippen LogP contribution is 2.42. The van der Waals surface area contributed by atoms with Crippen molar-refractivity contribution in [3.63, 3.8) is 0 Å². The zero-order valence-corrected chi connectivity index (χ0v) is 11.4. The number of ether oxygens (including phenoxy) is 1. The van der Waals surface area contributed by atoms with Crippen LogP contribution in [0.25, 0.3) is 0 Å². The fourth-order valence-corrected chi connectivity index (χ4v) is 4.65. The predicted molar refractivity (Wildman–Crippen MR) is 67.6 cm³/mol. The number of rotatable bonds is 3. The fraction of sp³-hybridized carbons (Fsp3) is 0.455. The van der Waals surface area contributed by atoms with Crippen LogP contribution in [0.5, 0.6) is 0 Å². The van der Waals surface area contributed by atoms with Crippen LogP contribution in [0.1, 0.15) is 18.1 Å². The minimum Gasteiger partial charge on any atom is -0.380 e. The summed E-state index contributed by atoms with van der Waals surface area (Å²) in [5, 5.41) is 5.70. The highest BCUT2D eigenvalue weighted by atomic mass is 32.2. The summed E-state index contributed by atoms with van der Waals surface area (Å²) < 4.78 is 28.4. The summed E-state index contributed by atoms with van der Waals surface area (Å²) in [6.45, 7) is 2.33. The van der Waals surface area contributed by atoms with Crippen molar-refractivity contribution in [1.29, 1.82) is 0 Å². The molecule has 0 aromatic heterocycles. The van der Waals surface area contributed by atoms with E-state index in [4.69, 9.17) is 9.88 Å². The molecule has 0 spiro atoms. The lowest BCUT2D eigenvalue weighted by Crippen LogP contribution is -2.16. The molecule has 0 aliphatic carbocycles. The summed E-state index contributed by atoms with van der Waals surface area (Å²) in [5.41, 5.74) is 1.70. The molecule has 0 fully saturated rings. The van der Waals surface area contributed by atoms with Gasteiger partial charge < -0.3 is 4.74 Å². The molecule has 0 amide bonds. The van der Waals surface area contributed by atoms with Gasteiger partial charge in [0.15, 0.2) is 0 Å². The molecule has 17 heavy (non-hydrogen) atoms. The average molecular weight is 273 g/mol. The van der Waals surface area contributed by atoms with Crippen LogP contribution in [0, 0.1) is 0 Å². The maximum Gasteiger partial charge on any atom is 0.239 e. The third kappa shape index (κ3) is 2.49. The van der Waals surface area contributed by atoms with E-state index in [1.165, 1.54) is 7.11 Å². The van der Waals surface area contributed by atoms with Crippen LogP contribution in [-0.2, 0) is 27.8 Å². The summed E-state index contributed by atoms with van der Waals surface area (Å²) in [5.74, 6) is 0. The van der Waals surface area contributed by atoms with E-state index in [9.17, 15) is 8.42 Å². The number of sulfonamides is 1. The van der Waals surface area contributed by atoms with Crippen LogP contribution < -0.4 is 5.14 Å². The van der Waals surface area contributed by atoms with Gasteiger partial charge in [-0.3, -0.25) is 0 Å². The van der Waals surface area contributed by atoms with Crippen molar-refractivity contribution in [3.8, 4) is 0 Å². The molecule has 1 aliphatic rings. The first-order valence-corrected chi connectivity index (χ1v) is 7.69. The van der Waals surface area contributed by atoms with Crippen molar-refractivity contribution in [2.75, 3.05) is 7.11 Å². The summed E-state index contributed by atoms with van der Waals surface area (Å²) in [6.07, 6.45) is 0.885. The minimum absolute atomic E-state index is 0.242. The second kappa shape index (κ2) is 4.61. The number of methoxy groups -OCH3 is 1. The van der Waals surface area contributed by atoms with Crippen LogP contribution in [0.3, 0.4) is 0 Å². The summed E-state index contributed by atoms with van der Waals surface area (Å²) >= 11 is 1.57. The number of thioether (sulfide) groups is 1. The second-order valence-corrected chi connectivity index (χ2v) is 7.10. The van der Waals surface area contributed by atoms with E-state index in [1.807, 2.05) is 6.07 Å². The highest BCUT2D eigenvalue weighted by molar-refractivity contribution is 8.01. The molecule has 0 saturated heterocycles. The van der Waals surface area contributed by atoms with Crippen LogP contribution >= 0.6 is 11.8 Å². The lowest BCUT2D eigenvalue weighted by Gasteiger charge is -2.11. The molecule has 0 bridgehead atoms. The zero-order valence-electron chi connectivity index (χ0n) is 9.76. The third-order valence-electron chi connectivity index (χ3n) is 2.69. The van der Waals surface area contributed by atoms with Crippen LogP contribution in [0.4, 0.5) is 0 Å². The largest absolute Gasteiger partial charge is 0.380 e. The molecule has 6 heteroatoms. The fourth-order valence-electron chi connectivity index (χ4n) is 2.07. The van der Waals surface area contributed by atoms with Gasteiger partial charge in [-0.25, -0.2) is 13.6 Å². The Labute approximate surface area is 106 Å². The SMILES string of the molecule is COCc1ccc2c(c1S(N)(=O)=O)SC(C)C2. The number of hydrogen-bond donors (Lipinski definition) is 1. The Kier molecular flexibility index (Phi) is 3.49. The van der Waals surface area contributed by atoms with Crippen molar-refractivity contribution in [2.45, 2.75) is 35.0 Å². The molecule has 2 N–H and O–H groups in total. The first kappa shape index (κ1) is 12.9. The second-order valence-electron chi connectivity index (χ2n) is 4.15. The molecular formula is C11H15NO3S2. The molecule has 0 radical (unpaired) electrons. The highest BCUT2D eigenvalue weighted by Gasteiger charge is 2.28. The van der Waals surface area contributed by atoms with Gasteiger partial charge in [0.05, 0.1) is 6.61 Å². The van der Waals surface area contributed by atoms with E-state index in [2.05, 4.69) is 6.92 Å². The van der Waals surface area contributed by atoms with Crippen molar-refractivity contribution in [3.05, 3.63) is 23.3 Å². The molecule has 1 unspecified atom stereocenters. The number of benzene rings is 1. The quantitative estimate of drug-likeness (QED) is 0.906. The van der Waals surface area contributed by atoms with Crippen molar-refractivity contribution in [2.24, 2.45) is 5.14 Å². The Hall–Kier alpha value is -0.560. The first-order chi connectivity index (χ1) is 7.93. The van der Waals surface area contributed by atoms with Gasteiger partial charge in [0.2, 0.25) is 10.0 Å². The standard InChI is InChI=1S/C11H15NO3S2/c1-7-5-8-3-4-9(6-15-2)11(10(8)16-7)17(12,13)14/h3-4,7H,5-6H2,1-2H3,(H2,12,13,14). The van der Waals surface area contributed by atoms with E-state index >= 15 is 0 Å². The molecule has 1 aliphatic heterocycles. The molecule has 1 aromatic carbocycles. The smallest absolute Gasteiger partial charge is 0.239 e. The third-order valence-corrected chi connectivity index (χ3v) is 5.12. The number of hydrogen-bond acceptors (Lipinski definition) is 4. The van der Waals surface area contributed by atoms with Crippen LogP contribution in [-0.4, -0.2) is 20.8 Å². The molecule has 94 valence electrons. The summed E-state index contributed by atoms with van der Waals surface area (Å²) in [6, 6.07) is 3.76. The molecule has 1 heterocycles.